The fraction of sp³-hybridized carbons (Fsp3) is 0.917. The summed E-state index contributed by atoms with van der Waals surface area (Å²) < 4.78 is 5.55. The summed E-state index contributed by atoms with van der Waals surface area (Å²) in [7, 11) is 0. The van der Waals surface area contributed by atoms with E-state index in [0.29, 0.717) is 24.2 Å². The molecule has 4 atom stereocenters. The predicted octanol–water partition coefficient (Wildman–Crippen LogP) is 0.980. The summed E-state index contributed by atoms with van der Waals surface area (Å²) in [6, 6.07) is 0. The number of Topliss-reactive ketones (excluding diaryl/α,β-unsaturated/α-hetero) is 1. The number of fused-ring (bicyclic) bond motifs is 2. The number of ketones is 1. The fourth-order valence-corrected chi connectivity index (χ4v) is 3.58. The number of carbonyl (C=O) groups is 1. The number of nitrogens with one attached hydrogen (secondary N) is 1. The number of rotatable bonds is 2. The Kier molecular flexibility index (Phi) is 2.53. The van der Waals surface area contributed by atoms with Gasteiger partial charge in [-0.05, 0) is 31.1 Å². The molecule has 0 aromatic heterocycles. The van der Waals surface area contributed by atoms with E-state index in [9.17, 15) is 4.79 Å². The lowest BCUT2D eigenvalue weighted by molar-refractivity contribution is -0.137. The number of hydrogen-bond donors (Lipinski definition) is 1. The lowest BCUT2D eigenvalue weighted by Gasteiger charge is -2.28. The second-order valence-corrected chi connectivity index (χ2v) is 5.25. The van der Waals surface area contributed by atoms with Crippen LogP contribution in [0.2, 0.25) is 0 Å². The fourth-order valence-electron chi connectivity index (χ4n) is 3.58. The lowest BCUT2D eigenvalue weighted by Crippen LogP contribution is -2.46. The molecule has 1 heterocycles. The van der Waals surface area contributed by atoms with Gasteiger partial charge in [0, 0.05) is 19.0 Å². The maximum atomic E-state index is 12.2. The first-order valence-electron chi connectivity index (χ1n) is 6.20. The van der Waals surface area contributed by atoms with Crippen molar-refractivity contribution in [2.24, 2.45) is 17.8 Å². The second kappa shape index (κ2) is 3.87. The van der Waals surface area contributed by atoms with E-state index >= 15 is 0 Å². The van der Waals surface area contributed by atoms with Crippen LogP contribution in [0.1, 0.15) is 25.7 Å². The normalized spacial score (nSPS) is 44.5. The van der Waals surface area contributed by atoms with Gasteiger partial charge in [0.05, 0.1) is 6.61 Å². The molecule has 2 aliphatic carbocycles. The average Bonchev–Trinajstić information content (AvgIpc) is 2.91. The van der Waals surface area contributed by atoms with Crippen LogP contribution in [0.15, 0.2) is 0 Å². The minimum atomic E-state index is -0.150. The minimum absolute atomic E-state index is 0.150. The summed E-state index contributed by atoms with van der Waals surface area (Å²) in [4.78, 5) is 12.2. The molecular formula is C12H19NO2. The Bertz CT molecular complexity index is 260. The van der Waals surface area contributed by atoms with Gasteiger partial charge in [-0.25, -0.2) is 0 Å². The van der Waals surface area contributed by atoms with Gasteiger partial charge in [-0.3, -0.25) is 4.79 Å². The van der Waals surface area contributed by atoms with Crippen LogP contribution >= 0.6 is 0 Å². The molecule has 3 rings (SSSR count). The van der Waals surface area contributed by atoms with E-state index in [1.54, 1.807) is 0 Å². The van der Waals surface area contributed by atoms with Crippen molar-refractivity contribution >= 4 is 5.78 Å². The summed E-state index contributed by atoms with van der Waals surface area (Å²) in [6.45, 7) is 2.31. The summed E-state index contributed by atoms with van der Waals surface area (Å²) in [5.41, 5.74) is 0. The van der Waals surface area contributed by atoms with E-state index in [2.05, 4.69) is 5.32 Å². The molecule has 3 heteroatoms. The van der Waals surface area contributed by atoms with Crippen LogP contribution in [0, 0.1) is 17.8 Å². The quantitative estimate of drug-likeness (QED) is 0.736. The van der Waals surface area contributed by atoms with Gasteiger partial charge in [0.2, 0.25) is 0 Å². The summed E-state index contributed by atoms with van der Waals surface area (Å²) in [6.07, 6.45) is 4.93. The Morgan fingerprint density at radius 2 is 2.20 bits per heavy atom. The molecule has 2 bridgehead atoms. The van der Waals surface area contributed by atoms with E-state index < -0.39 is 0 Å². The highest BCUT2D eigenvalue weighted by Crippen LogP contribution is 2.49. The minimum Gasteiger partial charge on any atom is -0.368 e. The highest BCUT2D eigenvalue weighted by atomic mass is 16.5. The maximum absolute atomic E-state index is 12.2. The van der Waals surface area contributed by atoms with Crippen molar-refractivity contribution < 1.29 is 9.53 Å². The molecule has 0 aromatic rings. The first-order chi connectivity index (χ1) is 7.34. The summed E-state index contributed by atoms with van der Waals surface area (Å²) in [5, 5.41) is 3.24. The molecule has 0 amide bonds. The first kappa shape index (κ1) is 9.79. The largest absolute Gasteiger partial charge is 0.368 e. The summed E-state index contributed by atoms with van der Waals surface area (Å²) in [5.74, 6) is 2.25. The Labute approximate surface area is 90.6 Å². The molecule has 3 aliphatic rings. The van der Waals surface area contributed by atoms with Gasteiger partial charge in [0.25, 0.3) is 0 Å². The van der Waals surface area contributed by atoms with Gasteiger partial charge >= 0.3 is 0 Å². The van der Waals surface area contributed by atoms with Crippen molar-refractivity contribution in [2.45, 2.75) is 31.8 Å². The van der Waals surface area contributed by atoms with Gasteiger partial charge in [0.1, 0.15) is 6.10 Å². The van der Waals surface area contributed by atoms with Crippen LogP contribution in [-0.2, 0) is 9.53 Å². The Hall–Kier alpha value is -0.410. The number of carbonyl (C=O) groups excluding carboxylic acids is 1. The van der Waals surface area contributed by atoms with Crippen LogP contribution in [-0.4, -0.2) is 31.6 Å². The van der Waals surface area contributed by atoms with Crippen LogP contribution in [0.5, 0.6) is 0 Å². The molecule has 0 spiro atoms. The van der Waals surface area contributed by atoms with Crippen molar-refractivity contribution in [2.75, 3.05) is 19.7 Å². The van der Waals surface area contributed by atoms with Gasteiger partial charge in [0.15, 0.2) is 5.78 Å². The van der Waals surface area contributed by atoms with Crippen LogP contribution in [0.25, 0.3) is 0 Å². The zero-order valence-corrected chi connectivity index (χ0v) is 9.08. The molecule has 4 unspecified atom stereocenters. The highest BCUT2D eigenvalue weighted by molar-refractivity contribution is 5.86. The molecular weight excluding hydrogens is 190 g/mol. The van der Waals surface area contributed by atoms with Gasteiger partial charge in [-0.2, -0.15) is 0 Å². The third kappa shape index (κ3) is 1.72. The SMILES string of the molecule is O=C(C1CNCCO1)C1CC2CCC1C2. The van der Waals surface area contributed by atoms with Crippen LogP contribution in [0.3, 0.4) is 0 Å². The second-order valence-electron chi connectivity index (χ2n) is 5.25. The molecule has 3 nitrogen and oxygen atoms in total. The highest BCUT2D eigenvalue weighted by Gasteiger charge is 2.45. The number of ether oxygens (including phenoxy) is 1. The predicted molar refractivity (Wildman–Crippen MR) is 56.6 cm³/mol. The molecule has 0 radical (unpaired) electrons. The maximum Gasteiger partial charge on any atom is 0.166 e. The monoisotopic (exact) mass is 209 g/mol. The zero-order valence-electron chi connectivity index (χ0n) is 9.08. The van der Waals surface area contributed by atoms with Crippen LogP contribution < -0.4 is 5.32 Å². The Morgan fingerprint density at radius 3 is 2.80 bits per heavy atom. The molecule has 1 aliphatic heterocycles. The molecule has 84 valence electrons. The zero-order chi connectivity index (χ0) is 10.3. The van der Waals surface area contributed by atoms with Gasteiger partial charge in [-0.1, -0.05) is 6.42 Å². The van der Waals surface area contributed by atoms with E-state index in [4.69, 9.17) is 4.74 Å². The molecule has 3 fully saturated rings. The Balaban J connectivity index is 1.64. The molecule has 1 saturated heterocycles. The lowest BCUT2D eigenvalue weighted by atomic mass is 9.83. The van der Waals surface area contributed by atoms with Crippen molar-refractivity contribution in [1.29, 1.82) is 0 Å². The third-order valence-electron chi connectivity index (χ3n) is 4.35. The van der Waals surface area contributed by atoms with Crippen molar-refractivity contribution in [3.8, 4) is 0 Å². The van der Waals surface area contributed by atoms with E-state index in [1.807, 2.05) is 0 Å². The summed E-state index contributed by atoms with van der Waals surface area (Å²) >= 11 is 0. The van der Waals surface area contributed by atoms with Crippen molar-refractivity contribution in [1.82, 2.24) is 5.32 Å². The molecule has 2 saturated carbocycles. The van der Waals surface area contributed by atoms with E-state index in [0.717, 1.165) is 25.4 Å². The van der Waals surface area contributed by atoms with E-state index in [-0.39, 0.29) is 6.10 Å². The number of morpholine rings is 1. The standard InChI is InChI=1S/C12H19NO2/c14-12(11-7-13-3-4-15-11)10-6-8-1-2-9(10)5-8/h8-11,13H,1-7H2. The average molecular weight is 209 g/mol. The third-order valence-corrected chi connectivity index (χ3v) is 4.35. The van der Waals surface area contributed by atoms with Crippen molar-refractivity contribution in [3.05, 3.63) is 0 Å². The molecule has 15 heavy (non-hydrogen) atoms. The molecule has 1 N–H and O–H groups in total. The van der Waals surface area contributed by atoms with Gasteiger partial charge < -0.3 is 10.1 Å². The molecule has 0 aromatic carbocycles. The van der Waals surface area contributed by atoms with Crippen molar-refractivity contribution in [3.63, 3.8) is 0 Å². The first-order valence-corrected chi connectivity index (χ1v) is 6.20. The Morgan fingerprint density at radius 1 is 1.27 bits per heavy atom. The van der Waals surface area contributed by atoms with Gasteiger partial charge in [-0.15, -0.1) is 0 Å². The van der Waals surface area contributed by atoms with Crippen LogP contribution in [0.4, 0.5) is 0 Å². The number of hydrogen-bond acceptors (Lipinski definition) is 3. The smallest absolute Gasteiger partial charge is 0.166 e. The van der Waals surface area contributed by atoms with E-state index in [1.165, 1.54) is 19.3 Å². The topological polar surface area (TPSA) is 38.3 Å².